The molecule has 144 valence electrons. The van der Waals surface area contributed by atoms with Gasteiger partial charge in [-0.3, -0.25) is 0 Å². The zero-order valence-electron chi connectivity index (χ0n) is 15.0. The van der Waals surface area contributed by atoms with Gasteiger partial charge >= 0.3 is 0 Å². The van der Waals surface area contributed by atoms with Crippen LogP contribution in [0.25, 0.3) is 32.6 Å². The molecule has 0 spiro atoms. The van der Waals surface area contributed by atoms with Gasteiger partial charge in [0.2, 0.25) is 5.88 Å². The van der Waals surface area contributed by atoms with Crippen LogP contribution in [0.5, 0.6) is 5.88 Å². The third kappa shape index (κ3) is 3.42. The zero-order valence-corrected chi connectivity index (χ0v) is 15.8. The van der Waals surface area contributed by atoms with E-state index in [1.807, 2.05) is 24.4 Å². The van der Waals surface area contributed by atoms with E-state index in [2.05, 4.69) is 26.0 Å². The van der Waals surface area contributed by atoms with E-state index >= 15 is 0 Å². The zero-order chi connectivity index (χ0) is 19.8. The standard InChI is InChI=1S/C21H14F2N4OS/c22-14-7-13(8-15(23)9-14)19-26-20(18-21(27-19)29-11-25-18)28-6-5-12-10-24-17-4-2-1-3-16(12)17/h1-4,7-11,24H,5-6H2. The molecule has 5 aromatic rings. The summed E-state index contributed by atoms with van der Waals surface area (Å²) in [4.78, 5) is 16.9. The molecule has 0 bridgehead atoms. The van der Waals surface area contributed by atoms with Gasteiger partial charge in [-0.05, 0) is 23.8 Å². The van der Waals surface area contributed by atoms with Gasteiger partial charge in [0.1, 0.15) is 11.6 Å². The summed E-state index contributed by atoms with van der Waals surface area (Å²) in [5, 5.41) is 1.15. The number of thiazole rings is 1. The highest BCUT2D eigenvalue weighted by atomic mass is 32.1. The average molecular weight is 408 g/mol. The number of nitrogens with zero attached hydrogens (tertiary/aromatic N) is 3. The smallest absolute Gasteiger partial charge is 0.245 e. The van der Waals surface area contributed by atoms with Crippen molar-refractivity contribution in [2.75, 3.05) is 6.61 Å². The summed E-state index contributed by atoms with van der Waals surface area (Å²) in [7, 11) is 0. The van der Waals surface area contributed by atoms with Crippen LogP contribution in [0.1, 0.15) is 5.56 Å². The number of fused-ring (bicyclic) bond motifs is 2. The van der Waals surface area contributed by atoms with Crippen LogP contribution in [-0.4, -0.2) is 26.5 Å². The molecule has 0 saturated heterocycles. The highest BCUT2D eigenvalue weighted by Gasteiger charge is 2.15. The van der Waals surface area contributed by atoms with Gasteiger partial charge in [-0.2, -0.15) is 4.98 Å². The van der Waals surface area contributed by atoms with E-state index in [1.54, 1.807) is 5.51 Å². The first kappa shape index (κ1) is 17.7. The Bertz CT molecular complexity index is 1310. The number of rotatable bonds is 5. The monoisotopic (exact) mass is 408 g/mol. The molecule has 1 N–H and O–H groups in total. The van der Waals surface area contributed by atoms with Crippen LogP contribution in [0.3, 0.4) is 0 Å². The van der Waals surface area contributed by atoms with Gasteiger partial charge in [0.05, 0.1) is 12.1 Å². The molecule has 5 rings (SSSR count). The number of benzene rings is 2. The maximum absolute atomic E-state index is 13.6. The van der Waals surface area contributed by atoms with Gasteiger partial charge in [0.25, 0.3) is 0 Å². The first-order valence-electron chi connectivity index (χ1n) is 8.93. The number of ether oxygens (including phenoxy) is 1. The summed E-state index contributed by atoms with van der Waals surface area (Å²) in [6.07, 6.45) is 2.64. The van der Waals surface area contributed by atoms with Crippen LogP contribution < -0.4 is 4.74 Å². The number of halogens is 2. The highest BCUT2D eigenvalue weighted by molar-refractivity contribution is 7.16. The normalized spacial score (nSPS) is 11.4. The molecule has 3 heterocycles. The molecule has 0 radical (unpaired) electrons. The quantitative estimate of drug-likeness (QED) is 0.438. The molecule has 2 aromatic carbocycles. The molecule has 0 aliphatic rings. The van der Waals surface area contributed by atoms with E-state index in [9.17, 15) is 8.78 Å². The minimum absolute atomic E-state index is 0.197. The Morgan fingerprint density at radius 2 is 1.86 bits per heavy atom. The molecule has 0 aliphatic heterocycles. The van der Waals surface area contributed by atoms with Gasteiger partial charge in [-0.15, -0.1) is 11.3 Å². The third-order valence-electron chi connectivity index (χ3n) is 4.57. The predicted octanol–water partition coefficient (Wildman–Crippen LogP) is 5.13. The van der Waals surface area contributed by atoms with Gasteiger partial charge in [-0.25, -0.2) is 18.7 Å². The highest BCUT2D eigenvalue weighted by Crippen LogP contribution is 2.29. The molecule has 3 aromatic heterocycles. The van der Waals surface area contributed by atoms with Gasteiger partial charge in [0.15, 0.2) is 16.2 Å². The first-order chi connectivity index (χ1) is 14.2. The lowest BCUT2D eigenvalue weighted by atomic mass is 10.1. The van der Waals surface area contributed by atoms with Crippen LogP contribution in [-0.2, 0) is 6.42 Å². The van der Waals surface area contributed by atoms with Crippen molar-refractivity contribution in [2.45, 2.75) is 6.42 Å². The maximum Gasteiger partial charge on any atom is 0.245 e. The molecular formula is C21H14F2N4OS. The number of para-hydroxylation sites is 1. The number of aromatic amines is 1. The molecule has 8 heteroatoms. The number of aromatic nitrogens is 4. The van der Waals surface area contributed by atoms with Crippen molar-refractivity contribution in [1.82, 2.24) is 19.9 Å². The fourth-order valence-electron chi connectivity index (χ4n) is 3.25. The lowest BCUT2D eigenvalue weighted by molar-refractivity contribution is 0.313. The third-order valence-corrected chi connectivity index (χ3v) is 5.29. The van der Waals surface area contributed by atoms with E-state index < -0.39 is 11.6 Å². The topological polar surface area (TPSA) is 63.7 Å². The average Bonchev–Trinajstić information content (AvgIpc) is 3.34. The minimum atomic E-state index is -0.685. The number of hydrogen-bond donors (Lipinski definition) is 1. The van der Waals surface area contributed by atoms with Crippen LogP contribution in [0.15, 0.2) is 54.2 Å². The van der Waals surface area contributed by atoms with Gasteiger partial charge < -0.3 is 9.72 Å². The van der Waals surface area contributed by atoms with Gasteiger partial charge in [0, 0.05) is 35.2 Å². The molecule has 0 fully saturated rings. The summed E-state index contributed by atoms with van der Waals surface area (Å²) in [5.74, 6) is -0.873. The second-order valence-electron chi connectivity index (χ2n) is 6.47. The van der Waals surface area contributed by atoms with E-state index in [0.29, 0.717) is 29.3 Å². The Morgan fingerprint density at radius 3 is 2.72 bits per heavy atom. The van der Waals surface area contributed by atoms with Crippen LogP contribution in [0.2, 0.25) is 0 Å². The Balaban J connectivity index is 1.44. The number of nitrogens with one attached hydrogen (secondary N) is 1. The lowest BCUT2D eigenvalue weighted by Crippen LogP contribution is -2.04. The molecule has 0 unspecified atom stereocenters. The first-order valence-corrected chi connectivity index (χ1v) is 9.81. The van der Waals surface area contributed by atoms with E-state index in [1.165, 1.54) is 23.5 Å². The SMILES string of the molecule is Fc1cc(F)cc(-c2nc(OCCc3c[nH]c4ccccc34)c3ncsc3n2)c1. The van der Waals surface area contributed by atoms with Crippen LogP contribution in [0, 0.1) is 11.6 Å². The Morgan fingerprint density at radius 1 is 1.03 bits per heavy atom. The van der Waals surface area contributed by atoms with Crippen LogP contribution in [0.4, 0.5) is 8.78 Å². The number of hydrogen-bond acceptors (Lipinski definition) is 5. The van der Waals surface area contributed by atoms with Crippen molar-refractivity contribution in [3.05, 3.63) is 71.4 Å². The predicted molar refractivity (Wildman–Crippen MR) is 108 cm³/mol. The lowest BCUT2D eigenvalue weighted by Gasteiger charge is -2.08. The fourth-order valence-corrected chi connectivity index (χ4v) is 3.89. The van der Waals surface area contributed by atoms with Gasteiger partial charge in [-0.1, -0.05) is 18.2 Å². The summed E-state index contributed by atoms with van der Waals surface area (Å²) in [5.41, 5.74) is 4.63. The van der Waals surface area contributed by atoms with E-state index in [4.69, 9.17) is 4.74 Å². The molecule has 0 amide bonds. The van der Waals surface area contributed by atoms with Crippen molar-refractivity contribution in [1.29, 1.82) is 0 Å². The Labute approximate surface area is 168 Å². The molecule has 29 heavy (non-hydrogen) atoms. The van der Waals surface area contributed by atoms with Crippen molar-refractivity contribution >= 4 is 32.6 Å². The second kappa shape index (κ2) is 7.21. The van der Waals surface area contributed by atoms with E-state index in [-0.39, 0.29) is 11.4 Å². The van der Waals surface area contributed by atoms with E-state index in [0.717, 1.165) is 22.5 Å². The molecule has 5 nitrogen and oxygen atoms in total. The molecule has 0 aliphatic carbocycles. The van der Waals surface area contributed by atoms with Crippen molar-refractivity contribution in [3.63, 3.8) is 0 Å². The number of H-pyrrole nitrogens is 1. The molecule has 0 saturated carbocycles. The van der Waals surface area contributed by atoms with Crippen LogP contribution >= 0.6 is 11.3 Å². The summed E-state index contributed by atoms with van der Waals surface area (Å²) < 4.78 is 33.1. The fraction of sp³-hybridized carbons (Fsp3) is 0.0952. The molecule has 0 atom stereocenters. The second-order valence-corrected chi connectivity index (χ2v) is 7.31. The van der Waals surface area contributed by atoms with Crippen molar-refractivity contribution in [3.8, 4) is 17.3 Å². The largest absolute Gasteiger partial charge is 0.476 e. The summed E-state index contributed by atoms with van der Waals surface area (Å²) in [6.45, 7) is 0.377. The maximum atomic E-state index is 13.6. The minimum Gasteiger partial charge on any atom is -0.476 e. The Kier molecular flexibility index (Phi) is 4.40. The summed E-state index contributed by atoms with van der Waals surface area (Å²) >= 11 is 1.32. The molecular weight excluding hydrogens is 394 g/mol. The Hall–Kier alpha value is -3.39. The van der Waals surface area contributed by atoms with Crippen molar-refractivity contribution < 1.29 is 13.5 Å². The summed E-state index contributed by atoms with van der Waals surface area (Å²) in [6, 6.07) is 11.3. The van der Waals surface area contributed by atoms with Crippen molar-refractivity contribution in [2.24, 2.45) is 0 Å².